The van der Waals surface area contributed by atoms with Crippen molar-refractivity contribution in [3.05, 3.63) is 34.9 Å². The van der Waals surface area contributed by atoms with Gasteiger partial charge in [0.15, 0.2) is 0 Å². The van der Waals surface area contributed by atoms with E-state index in [1.54, 1.807) is 39.3 Å². The zero-order valence-corrected chi connectivity index (χ0v) is 12.8. The highest BCUT2D eigenvalue weighted by Crippen LogP contribution is 2.12. The van der Waals surface area contributed by atoms with Gasteiger partial charge in [0.25, 0.3) is 5.91 Å². The summed E-state index contributed by atoms with van der Waals surface area (Å²) in [4.78, 5) is 26.7. The first-order valence-corrected chi connectivity index (χ1v) is 6.52. The Kier molecular flexibility index (Phi) is 5.94. The Morgan fingerprint density at radius 3 is 2.43 bits per heavy atom. The Morgan fingerprint density at radius 2 is 1.90 bits per heavy atom. The summed E-state index contributed by atoms with van der Waals surface area (Å²) in [6, 6.07) is 5.15. The quantitative estimate of drug-likeness (QED) is 0.824. The number of carbonyl (C=O) groups is 2. The minimum atomic E-state index is -0.213. The molecule has 0 unspecified atom stereocenters. The number of aliphatic hydroxyl groups is 1. The number of rotatable bonds is 3. The van der Waals surface area contributed by atoms with E-state index in [1.165, 1.54) is 9.80 Å². The van der Waals surface area contributed by atoms with Gasteiger partial charge in [-0.1, -0.05) is 11.8 Å². The van der Waals surface area contributed by atoms with E-state index in [4.69, 9.17) is 5.11 Å². The summed E-state index contributed by atoms with van der Waals surface area (Å²) >= 11 is 0. The highest BCUT2D eigenvalue weighted by Gasteiger charge is 2.16. The van der Waals surface area contributed by atoms with Crippen LogP contribution in [0.1, 0.15) is 21.5 Å². The Balaban J connectivity index is 2.88. The van der Waals surface area contributed by atoms with Crippen LogP contribution in [-0.4, -0.2) is 61.0 Å². The number of likely N-dealkylation sites (N-methyl/N-ethyl adjacent to an activating group) is 2. The van der Waals surface area contributed by atoms with Crippen LogP contribution in [0.2, 0.25) is 0 Å². The van der Waals surface area contributed by atoms with Crippen LogP contribution in [0, 0.1) is 18.8 Å². The van der Waals surface area contributed by atoms with E-state index in [9.17, 15) is 9.59 Å². The van der Waals surface area contributed by atoms with Crippen molar-refractivity contribution in [2.45, 2.75) is 6.92 Å². The van der Waals surface area contributed by atoms with Crippen molar-refractivity contribution in [2.75, 3.05) is 34.3 Å². The zero-order valence-electron chi connectivity index (χ0n) is 12.8. The molecule has 0 atom stereocenters. The van der Waals surface area contributed by atoms with E-state index in [0.717, 1.165) is 11.1 Å². The first kappa shape index (κ1) is 16.7. The monoisotopic (exact) mass is 288 g/mol. The molecular formula is C16H20N2O3. The number of amides is 2. The van der Waals surface area contributed by atoms with Crippen LogP contribution in [-0.2, 0) is 4.79 Å². The maximum absolute atomic E-state index is 12.3. The van der Waals surface area contributed by atoms with E-state index in [1.807, 2.05) is 6.92 Å². The van der Waals surface area contributed by atoms with Crippen molar-refractivity contribution in [2.24, 2.45) is 0 Å². The minimum Gasteiger partial charge on any atom is -0.384 e. The normalized spacial score (nSPS) is 9.57. The lowest BCUT2D eigenvalue weighted by Crippen LogP contribution is -2.37. The number of aliphatic hydroxyl groups excluding tert-OH is 1. The molecule has 0 aliphatic carbocycles. The van der Waals surface area contributed by atoms with Crippen LogP contribution < -0.4 is 0 Å². The molecule has 1 aromatic carbocycles. The molecule has 0 radical (unpaired) electrons. The number of nitrogens with zero attached hydrogens (tertiary/aromatic N) is 2. The summed E-state index contributed by atoms with van der Waals surface area (Å²) in [5.74, 6) is 5.05. The number of benzene rings is 1. The minimum absolute atomic E-state index is 0.0386. The van der Waals surface area contributed by atoms with Crippen molar-refractivity contribution in [3.8, 4) is 11.8 Å². The maximum Gasteiger partial charge on any atom is 0.254 e. The van der Waals surface area contributed by atoms with Gasteiger partial charge in [0.05, 0.1) is 6.54 Å². The summed E-state index contributed by atoms with van der Waals surface area (Å²) in [6.07, 6.45) is 0. The van der Waals surface area contributed by atoms with Crippen LogP contribution in [0.4, 0.5) is 0 Å². The smallest absolute Gasteiger partial charge is 0.254 e. The van der Waals surface area contributed by atoms with Crippen LogP contribution in [0.3, 0.4) is 0 Å². The van der Waals surface area contributed by atoms with Gasteiger partial charge in [-0.2, -0.15) is 0 Å². The fourth-order valence-electron chi connectivity index (χ4n) is 1.71. The van der Waals surface area contributed by atoms with Crippen LogP contribution >= 0.6 is 0 Å². The number of aryl methyl sites for hydroxylation is 1. The van der Waals surface area contributed by atoms with Gasteiger partial charge >= 0.3 is 0 Å². The topological polar surface area (TPSA) is 60.9 Å². The van der Waals surface area contributed by atoms with Crippen molar-refractivity contribution >= 4 is 11.8 Å². The SMILES string of the molecule is Cc1cc(C(=O)N(C)CC(=O)N(C)C)ccc1C#CCO. The van der Waals surface area contributed by atoms with Gasteiger partial charge in [0, 0.05) is 32.3 Å². The highest BCUT2D eigenvalue weighted by molar-refractivity contribution is 5.96. The highest BCUT2D eigenvalue weighted by atomic mass is 16.2. The van der Waals surface area contributed by atoms with Gasteiger partial charge < -0.3 is 14.9 Å². The summed E-state index contributed by atoms with van der Waals surface area (Å²) in [6.45, 7) is 1.69. The molecule has 0 spiro atoms. The standard InChI is InChI=1S/C16H20N2O3/c1-12-10-14(8-7-13(12)6-5-9-19)16(21)18(4)11-15(20)17(2)3/h7-8,10,19H,9,11H2,1-4H3. The molecule has 0 fully saturated rings. The van der Waals surface area contributed by atoms with E-state index in [-0.39, 0.29) is 25.0 Å². The predicted molar refractivity (Wildman–Crippen MR) is 80.8 cm³/mol. The average molecular weight is 288 g/mol. The number of carbonyl (C=O) groups excluding carboxylic acids is 2. The largest absolute Gasteiger partial charge is 0.384 e. The molecule has 0 aliphatic rings. The molecule has 0 bridgehead atoms. The molecule has 5 heteroatoms. The first-order chi connectivity index (χ1) is 9.86. The van der Waals surface area contributed by atoms with Gasteiger partial charge in [-0.15, -0.1) is 0 Å². The molecule has 0 heterocycles. The lowest BCUT2D eigenvalue weighted by molar-refractivity contribution is -0.129. The molecule has 0 saturated heterocycles. The van der Waals surface area contributed by atoms with Gasteiger partial charge in [0.2, 0.25) is 5.91 Å². The maximum atomic E-state index is 12.3. The fraction of sp³-hybridized carbons (Fsp3) is 0.375. The molecule has 0 aliphatic heterocycles. The third-order valence-corrected chi connectivity index (χ3v) is 2.99. The Labute approximate surface area is 125 Å². The zero-order chi connectivity index (χ0) is 16.0. The molecule has 0 aromatic heterocycles. The Hall–Kier alpha value is -2.32. The summed E-state index contributed by atoms with van der Waals surface area (Å²) in [5.41, 5.74) is 2.14. The molecule has 112 valence electrons. The first-order valence-electron chi connectivity index (χ1n) is 6.52. The molecule has 21 heavy (non-hydrogen) atoms. The van der Waals surface area contributed by atoms with E-state index < -0.39 is 0 Å². The molecule has 5 nitrogen and oxygen atoms in total. The van der Waals surface area contributed by atoms with Gasteiger partial charge in [-0.05, 0) is 30.7 Å². The molecule has 0 saturated carbocycles. The average Bonchev–Trinajstić information content (AvgIpc) is 2.44. The van der Waals surface area contributed by atoms with Crippen molar-refractivity contribution in [1.29, 1.82) is 0 Å². The summed E-state index contributed by atoms with van der Waals surface area (Å²) in [5, 5.41) is 8.69. The lowest BCUT2D eigenvalue weighted by atomic mass is 10.0. The predicted octanol–water partition coefficient (Wildman–Crippen LogP) is 0.499. The van der Waals surface area contributed by atoms with Gasteiger partial charge in [-0.25, -0.2) is 0 Å². The van der Waals surface area contributed by atoms with Crippen molar-refractivity contribution in [1.82, 2.24) is 9.80 Å². The van der Waals surface area contributed by atoms with Gasteiger partial charge in [0.1, 0.15) is 6.61 Å². The molecule has 2 amide bonds. The fourth-order valence-corrected chi connectivity index (χ4v) is 1.71. The van der Waals surface area contributed by atoms with Crippen LogP contribution in [0.25, 0.3) is 0 Å². The number of hydrogen-bond acceptors (Lipinski definition) is 3. The third kappa shape index (κ3) is 4.62. The molecule has 1 aromatic rings. The Morgan fingerprint density at radius 1 is 1.24 bits per heavy atom. The second-order valence-corrected chi connectivity index (χ2v) is 4.94. The second kappa shape index (κ2) is 7.46. The summed E-state index contributed by atoms with van der Waals surface area (Å²) < 4.78 is 0. The van der Waals surface area contributed by atoms with E-state index in [0.29, 0.717) is 5.56 Å². The lowest BCUT2D eigenvalue weighted by Gasteiger charge is -2.19. The molecular weight excluding hydrogens is 268 g/mol. The number of hydrogen-bond donors (Lipinski definition) is 1. The van der Waals surface area contributed by atoms with Gasteiger partial charge in [-0.3, -0.25) is 9.59 Å². The van der Waals surface area contributed by atoms with Crippen LogP contribution in [0.5, 0.6) is 0 Å². The third-order valence-electron chi connectivity index (χ3n) is 2.99. The van der Waals surface area contributed by atoms with E-state index in [2.05, 4.69) is 11.8 Å². The molecule has 1 rings (SSSR count). The van der Waals surface area contributed by atoms with Crippen LogP contribution in [0.15, 0.2) is 18.2 Å². The van der Waals surface area contributed by atoms with Crippen molar-refractivity contribution < 1.29 is 14.7 Å². The van der Waals surface area contributed by atoms with Crippen molar-refractivity contribution in [3.63, 3.8) is 0 Å². The summed E-state index contributed by atoms with van der Waals surface area (Å²) in [7, 11) is 4.90. The second-order valence-electron chi connectivity index (χ2n) is 4.94. The van der Waals surface area contributed by atoms with E-state index >= 15 is 0 Å². The molecule has 1 N–H and O–H groups in total. The Bertz CT molecular complexity index is 597.